The van der Waals surface area contributed by atoms with Gasteiger partial charge < -0.3 is 24.8 Å². The Balaban J connectivity index is 1.52. The average Bonchev–Trinajstić information content (AvgIpc) is 2.81. The van der Waals surface area contributed by atoms with Gasteiger partial charge in [-0.3, -0.25) is 9.59 Å². The molecule has 0 saturated carbocycles. The molecule has 0 radical (unpaired) electrons. The van der Waals surface area contributed by atoms with Crippen LogP contribution in [0.2, 0.25) is 0 Å². The number of nitrogens with zero attached hydrogens (tertiary/aromatic N) is 2. The van der Waals surface area contributed by atoms with Crippen molar-refractivity contribution in [1.82, 2.24) is 15.3 Å². The van der Waals surface area contributed by atoms with E-state index in [1.54, 1.807) is 60.9 Å². The third-order valence-electron chi connectivity index (χ3n) is 4.10. The van der Waals surface area contributed by atoms with Crippen LogP contribution in [0.1, 0.15) is 24.2 Å². The number of rotatable bonds is 10. The van der Waals surface area contributed by atoms with Crippen molar-refractivity contribution in [3.63, 3.8) is 0 Å². The second-order valence-corrected chi connectivity index (χ2v) is 6.42. The Morgan fingerprint density at radius 1 is 0.906 bits per heavy atom. The maximum absolute atomic E-state index is 12.4. The van der Waals surface area contributed by atoms with Crippen LogP contribution >= 0.6 is 0 Å². The summed E-state index contributed by atoms with van der Waals surface area (Å²) in [4.78, 5) is 32.6. The van der Waals surface area contributed by atoms with E-state index in [0.717, 1.165) is 0 Å². The number of nitrogens with one attached hydrogen (secondary N) is 2. The molecule has 3 aromatic rings. The lowest BCUT2D eigenvalue weighted by Gasteiger charge is -2.12. The number of amides is 2. The van der Waals surface area contributed by atoms with Gasteiger partial charge in [0.05, 0.1) is 19.8 Å². The van der Waals surface area contributed by atoms with Gasteiger partial charge in [-0.05, 0) is 62.4 Å². The largest absolute Gasteiger partial charge is 0.490 e. The van der Waals surface area contributed by atoms with Crippen molar-refractivity contribution in [3.8, 4) is 23.3 Å². The lowest BCUT2D eigenvalue weighted by molar-refractivity contribution is -0.115. The molecule has 9 heteroatoms. The van der Waals surface area contributed by atoms with E-state index in [9.17, 15) is 9.59 Å². The Morgan fingerprint density at radius 2 is 1.59 bits per heavy atom. The van der Waals surface area contributed by atoms with Crippen LogP contribution < -0.4 is 24.8 Å². The molecule has 166 valence electrons. The molecule has 1 heterocycles. The number of carbonyl (C=O) groups is 2. The SMILES string of the molecule is CCOc1ccc(C(=O)NCC(=O)Nc2ccc(Oc3ncccn3)cc2)cc1OCC. The van der Waals surface area contributed by atoms with Gasteiger partial charge >= 0.3 is 6.01 Å². The summed E-state index contributed by atoms with van der Waals surface area (Å²) < 4.78 is 16.5. The van der Waals surface area contributed by atoms with E-state index < -0.39 is 5.91 Å². The molecule has 0 fully saturated rings. The van der Waals surface area contributed by atoms with Crippen LogP contribution in [-0.2, 0) is 4.79 Å². The summed E-state index contributed by atoms with van der Waals surface area (Å²) in [5.74, 6) is 0.817. The highest BCUT2D eigenvalue weighted by Crippen LogP contribution is 2.28. The summed E-state index contributed by atoms with van der Waals surface area (Å²) >= 11 is 0. The first-order valence-electron chi connectivity index (χ1n) is 10.1. The molecule has 0 aliphatic rings. The molecule has 2 amide bonds. The van der Waals surface area contributed by atoms with Crippen LogP contribution in [0.4, 0.5) is 5.69 Å². The van der Waals surface area contributed by atoms with Crippen molar-refractivity contribution in [1.29, 1.82) is 0 Å². The molecule has 0 unspecified atom stereocenters. The van der Waals surface area contributed by atoms with Crippen molar-refractivity contribution >= 4 is 17.5 Å². The monoisotopic (exact) mass is 436 g/mol. The van der Waals surface area contributed by atoms with E-state index in [4.69, 9.17) is 14.2 Å². The Morgan fingerprint density at radius 3 is 2.28 bits per heavy atom. The van der Waals surface area contributed by atoms with E-state index in [0.29, 0.717) is 41.7 Å². The average molecular weight is 436 g/mol. The predicted molar refractivity (Wildman–Crippen MR) is 118 cm³/mol. The van der Waals surface area contributed by atoms with Crippen LogP contribution in [-0.4, -0.2) is 41.5 Å². The molecule has 0 bridgehead atoms. The van der Waals surface area contributed by atoms with Crippen molar-refractivity contribution in [2.24, 2.45) is 0 Å². The Hall–Kier alpha value is -4.14. The number of ether oxygens (including phenoxy) is 3. The predicted octanol–water partition coefficient (Wildman–Crippen LogP) is 3.43. The van der Waals surface area contributed by atoms with Gasteiger partial charge in [-0.25, -0.2) is 9.97 Å². The molecular formula is C23H24N4O5. The van der Waals surface area contributed by atoms with E-state index in [1.807, 2.05) is 13.8 Å². The Bertz CT molecular complexity index is 1040. The van der Waals surface area contributed by atoms with E-state index in [-0.39, 0.29) is 18.5 Å². The zero-order valence-corrected chi connectivity index (χ0v) is 17.8. The van der Waals surface area contributed by atoms with Crippen LogP contribution in [0.5, 0.6) is 23.3 Å². The molecule has 3 rings (SSSR count). The molecular weight excluding hydrogens is 412 g/mol. The highest BCUT2D eigenvalue weighted by atomic mass is 16.5. The number of aromatic nitrogens is 2. The summed E-state index contributed by atoms with van der Waals surface area (Å²) in [6, 6.07) is 13.5. The summed E-state index contributed by atoms with van der Waals surface area (Å²) in [5.41, 5.74) is 0.930. The van der Waals surface area contributed by atoms with Crippen LogP contribution in [0.25, 0.3) is 0 Å². The molecule has 0 saturated heterocycles. The van der Waals surface area contributed by atoms with E-state index in [2.05, 4.69) is 20.6 Å². The normalized spacial score (nSPS) is 10.2. The van der Waals surface area contributed by atoms with E-state index in [1.165, 1.54) is 0 Å². The molecule has 9 nitrogen and oxygen atoms in total. The molecule has 0 atom stereocenters. The fourth-order valence-electron chi connectivity index (χ4n) is 2.71. The summed E-state index contributed by atoms with van der Waals surface area (Å²) in [7, 11) is 0. The van der Waals surface area contributed by atoms with Crippen LogP contribution in [0.15, 0.2) is 60.9 Å². The van der Waals surface area contributed by atoms with Gasteiger partial charge in [0.25, 0.3) is 5.91 Å². The number of benzene rings is 2. The van der Waals surface area contributed by atoms with Gasteiger partial charge in [0.15, 0.2) is 11.5 Å². The molecule has 0 spiro atoms. The van der Waals surface area contributed by atoms with Crippen LogP contribution in [0, 0.1) is 0 Å². The third-order valence-corrected chi connectivity index (χ3v) is 4.10. The fourth-order valence-corrected chi connectivity index (χ4v) is 2.71. The molecule has 32 heavy (non-hydrogen) atoms. The first kappa shape index (κ1) is 22.5. The summed E-state index contributed by atoms with van der Waals surface area (Å²) in [5, 5.41) is 5.31. The lowest BCUT2D eigenvalue weighted by Crippen LogP contribution is -2.32. The van der Waals surface area contributed by atoms with Gasteiger partial charge in [0, 0.05) is 23.6 Å². The number of hydrogen-bond acceptors (Lipinski definition) is 7. The van der Waals surface area contributed by atoms with Crippen molar-refractivity contribution in [3.05, 3.63) is 66.5 Å². The quantitative estimate of drug-likeness (QED) is 0.501. The van der Waals surface area contributed by atoms with E-state index >= 15 is 0 Å². The van der Waals surface area contributed by atoms with Gasteiger partial charge in [0.1, 0.15) is 5.75 Å². The van der Waals surface area contributed by atoms with Gasteiger partial charge in [-0.1, -0.05) is 0 Å². The molecule has 0 aliphatic heterocycles. The van der Waals surface area contributed by atoms with Crippen molar-refractivity contribution in [2.45, 2.75) is 13.8 Å². The van der Waals surface area contributed by atoms with Gasteiger partial charge in [-0.15, -0.1) is 0 Å². The Kier molecular flexibility index (Phi) is 7.96. The van der Waals surface area contributed by atoms with Crippen molar-refractivity contribution < 1.29 is 23.8 Å². The van der Waals surface area contributed by atoms with Crippen LogP contribution in [0.3, 0.4) is 0 Å². The molecule has 2 aromatic carbocycles. The minimum Gasteiger partial charge on any atom is -0.490 e. The number of hydrogen-bond donors (Lipinski definition) is 2. The first-order valence-corrected chi connectivity index (χ1v) is 10.1. The lowest BCUT2D eigenvalue weighted by atomic mass is 10.2. The maximum atomic E-state index is 12.4. The standard InChI is InChI=1S/C23H24N4O5/c1-3-30-19-11-6-16(14-20(19)31-4-2)22(29)26-15-21(28)27-17-7-9-18(10-8-17)32-23-24-12-5-13-25-23/h5-14H,3-4,15H2,1-2H3,(H,26,29)(H,27,28). The number of anilines is 1. The first-order chi connectivity index (χ1) is 15.6. The number of carbonyl (C=O) groups excluding carboxylic acids is 2. The second kappa shape index (κ2) is 11.3. The minimum absolute atomic E-state index is 0.188. The fraction of sp³-hybridized carbons (Fsp3) is 0.217. The van der Waals surface area contributed by atoms with Gasteiger partial charge in [0.2, 0.25) is 5.91 Å². The molecule has 1 aromatic heterocycles. The smallest absolute Gasteiger partial charge is 0.321 e. The minimum atomic E-state index is -0.393. The maximum Gasteiger partial charge on any atom is 0.321 e. The topological polar surface area (TPSA) is 112 Å². The zero-order valence-electron chi connectivity index (χ0n) is 17.8. The third kappa shape index (κ3) is 6.43. The highest BCUT2D eigenvalue weighted by molar-refractivity contribution is 5.99. The molecule has 0 aliphatic carbocycles. The summed E-state index contributed by atoms with van der Waals surface area (Å²) in [6.45, 7) is 4.45. The summed E-state index contributed by atoms with van der Waals surface area (Å²) in [6.07, 6.45) is 3.16. The van der Waals surface area contributed by atoms with Crippen molar-refractivity contribution in [2.75, 3.05) is 25.1 Å². The molecule has 2 N–H and O–H groups in total. The van der Waals surface area contributed by atoms with Gasteiger partial charge in [-0.2, -0.15) is 0 Å². The zero-order chi connectivity index (χ0) is 22.8. The highest BCUT2D eigenvalue weighted by Gasteiger charge is 2.13. The second-order valence-electron chi connectivity index (χ2n) is 6.42. The Labute approximate surface area is 185 Å².